The van der Waals surface area contributed by atoms with Gasteiger partial charge in [-0.2, -0.15) is 0 Å². The molecule has 0 radical (unpaired) electrons. The molecule has 0 atom stereocenters. The molecule has 1 aromatic rings. The summed E-state index contributed by atoms with van der Waals surface area (Å²) in [4.78, 5) is 4.49. The maximum Gasteiger partial charge on any atom is 0.0689 e. The Morgan fingerprint density at radius 3 is 3.15 bits per heavy atom. The van der Waals surface area contributed by atoms with Crippen molar-refractivity contribution >= 4 is 11.9 Å². The van der Waals surface area contributed by atoms with E-state index in [1.54, 1.807) is 0 Å². The maximum absolute atomic E-state index is 4.49. The molecule has 2 rings (SSSR count). The van der Waals surface area contributed by atoms with Gasteiger partial charge in [0.15, 0.2) is 0 Å². The molecule has 0 spiro atoms. The highest BCUT2D eigenvalue weighted by atomic mass is 14.7. The Hall–Kier alpha value is -1.11. The minimum Gasteiger partial charge on any atom is -0.261 e. The van der Waals surface area contributed by atoms with E-state index in [2.05, 4.69) is 30.1 Å². The Morgan fingerprint density at radius 2 is 2.31 bits per heavy atom. The van der Waals surface area contributed by atoms with Crippen LogP contribution in [0.5, 0.6) is 0 Å². The van der Waals surface area contributed by atoms with Crippen molar-refractivity contribution < 1.29 is 0 Å². The average molecular weight is 173 g/mol. The Morgan fingerprint density at radius 1 is 1.38 bits per heavy atom. The summed E-state index contributed by atoms with van der Waals surface area (Å²) in [7, 11) is 0. The van der Waals surface area contributed by atoms with E-state index in [1.165, 1.54) is 23.2 Å². The summed E-state index contributed by atoms with van der Waals surface area (Å²) >= 11 is 0. The first kappa shape index (κ1) is 8.49. The second-order valence-corrected chi connectivity index (χ2v) is 3.53. The third-order valence-electron chi connectivity index (χ3n) is 2.49. The van der Waals surface area contributed by atoms with Gasteiger partial charge in [0.05, 0.1) is 5.69 Å². The second kappa shape index (κ2) is 3.73. The fourth-order valence-corrected chi connectivity index (χ4v) is 1.86. The molecule has 0 unspecified atom stereocenters. The zero-order valence-corrected chi connectivity index (χ0v) is 8.09. The largest absolute Gasteiger partial charge is 0.261 e. The summed E-state index contributed by atoms with van der Waals surface area (Å²) in [6, 6.07) is 6.56. The summed E-state index contributed by atoms with van der Waals surface area (Å²) < 4.78 is 0. The number of para-hydroxylation sites is 1. The Labute approximate surface area is 79.5 Å². The van der Waals surface area contributed by atoms with Crippen LogP contribution in [0.4, 0.5) is 5.69 Å². The van der Waals surface area contributed by atoms with Crippen molar-refractivity contribution in [1.82, 2.24) is 0 Å². The van der Waals surface area contributed by atoms with Crippen LogP contribution in [0, 0.1) is 0 Å². The van der Waals surface area contributed by atoms with Crippen LogP contribution in [-0.4, -0.2) is 6.21 Å². The zero-order valence-electron chi connectivity index (χ0n) is 8.09. The molecule has 0 bridgehead atoms. The molecular formula is C12H15N. The summed E-state index contributed by atoms with van der Waals surface area (Å²) in [5.41, 5.74) is 4.08. The van der Waals surface area contributed by atoms with E-state index in [0.29, 0.717) is 0 Å². The van der Waals surface area contributed by atoms with Gasteiger partial charge < -0.3 is 0 Å². The summed E-state index contributed by atoms with van der Waals surface area (Å²) in [5.74, 6) is 0. The molecular weight excluding hydrogens is 158 g/mol. The fourth-order valence-electron chi connectivity index (χ4n) is 1.86. The number of fused-ring (bicyclic) bond motifs is 1. The number of aliphatic imine (C=N–C) groups is 1. The molecule has 0 fully saturated rings. The molecule has 1 heterocycles. The van der Waals surface area contributed by atoms with Crippen LogP contribution in [-0.2, 0) is 12.8 Å². The van der Waals surface area contributed by atoms with Gasteiger partial charge in [0.1, 0.15) is 0 Å². The van der Waals surface area contributed by atoms with E-state index in [1.807, 2.05) is 6.21 Å². The minimum absolute atomic E-state index is 1.10. The molecule has 13 heavy (non-hydrogen) atoms. The molecule has 0 aliphatic carbocycles. The summed E-state index contributed by atoms with van der Waals surface area (Å²) in [5, 5.41) is 0. The third kappa shape index (κ3) is 1.64. The van der Waals surface area contributed by atoms with Crippen molar-refractivity contribution in [3.8, 4) is 0 Å². The lowest BCUT2D eigenvalue weighted by Crippen LogP contribution is -1.96. The quantitative estimate of drug-likeness (QED) is 0.650. The van der Waals surface area contributed by atoms with E-state index >= 15 is 0 Å². The summed E-state index contributed by atoms with van der Waals surface area (Å²) in [6.07, 6.45) is 6.66. The minimum atomic E-state index is 1.10. The molecule has 0 saturated carbocycles. The van der Waals surface area contributed by atoms with Crippen LogP contribution in [0.25, 0.3) is 0 Å². The van der Waals surface area contributed by atoms with Crippen LogP contribution >= 0.6 is 0 Å². The lowest BCUT2D eigenvalue weighted by molar-refractivity contribution is 0.910. The first-order valence-corrected chi connectivity index (χ1v) is 5.05. The van der Waals surface area contributed by atoms with Gasteiger partial charge in [-0.3, -0.25) is 4.99 Å². The van der Waals surface area contributed by atoms with Crippen molar-refractivity contribution in [3.05, 3.63) is 29.3 Å². The molecule has 68 valence electrons. The normalized spacial score (nSPS) is 14.2. The van der Waals surface area contributed by atoms with E-state index in [0.717, 1.165) is 19.3 Å². The highest BCUT2D eigenvalue weighted by Crippen LogP contribution is 2.28. The van der Waals surface area contributed by atoms with Gasteiger partial charge in [0.2, 0.25) is 0 Å². The van der Waals surface area contributed by atoms with Crippen LogP contribution < -0.4 is 0 Å². The number of aryl methyl sites for hydroxylation is 2. The van der Waals surface area contributed by atoms with Gasteiger partial charge in [-0.05, 0) is 30.4 Å². The van der Waals surface area contributed by atoms with Gasteiger partial charge in [0, 0.05) is 6.21 Å². The first-order chi connectivity index (χ1) is 6.42. The van der Waals surface area contributed by atoms with Gasteiger partial charge >= 0.3 is 0 Å². The van der Waals surface area contributed by atoms with Crippen molar-refractivity contribution in [2.75, 3.05) is 0 Å². The Kier molecular flexibility index (Phi) is 2.44. The number of rotatable bonds is 2. The first-order valence-electron chi connectivity index (χ1n) is 5.05. The molecule has 1 aliphatic rings. The maximum atomic E-state index is 4.49. The molecule has 0 aromatic heterocycles. The van der Waals surface area contributed by atoms with Crippen LogP contribution in [0.2, 0.25) is 0 Å². The van der Waals surface area contributed by atoms with E-state index in [4.69, 9.17) is 0 Å². The standard InChI is InChI=1S/C12H15N/c1-2-5-10-6-3-7-11-8-4-9-13-12(10)11/h3,6-7,9H,2,4-5,8H2,1H3. The Balaban J connectivity index is 2.42. The number of nitrogens with zero attached hydrogens (tertiary/aromatic N) is 1. The second-order valence-electron chi connectivity index (χ2n) is 3.53. The smallest absolute Gasteiger partial charge is 0.0689 e. The van der Waals surface area contributed by atoms with Gasteiger partial charge in [-0.1, -0.05) is 31.5 Å². The van der Waals surface area contributed by atoms with Gasteiger partial charge in [0.25, 0.3) is 0 Å². The molecule has 1 aromatic carbocycles. The highest BCUT2D eigenvalue weighted by molar-refractivity contribution is 5.70. The van der Waals surface area contributed by atoms with Crippen LogP contribution in [0.15, 0.2) is 23.2 Å². The lowest BCUT2D eigenvalue weighted by atomic mass is 9.99. The number of hydrogen-bond acceptors (Lipinski definition) is 1. The predicted molar refractivity (Wildman–Crippen MR) is 56.9 cm³/mol. The van der Waals surface area contributed by atoms with E-state index in [9.17, 15) is 0 Å². The topological polar surface area (TPSA) is 12.4 Å². The Bertz CT molecular complexity index is 326. The summed E-state index contributed by atoms with van der Waals surface area (Å²) in [6.45, 7) is 2.21. The van der Waals surface area contributed by atoms with Crippen molar-refractivity contribution in [3.63, 3.8) is 0 Å². The van der Waals surface area contributed by atoms with Crippen molar-refractivity contribution in [1.29, 1.82) is 0 Å². The average Bonchev–Trinajstić information content (AvgIpc) is 2.19. The number of hydrogen-bond donors (Lipinski definition) is 0. The molecule has 0 saturated heterocycles. The third-order valence-corrected chi connectivity index (χ3v) is 2.49. The SMILES string of the molecule is CCCc1cccc2c1N=CCC2. The van der Waals surface area contributed by atoms with Crippen LogP contribution in [0.1, 0.15) is 30.9 Å². The molecule has 1 heteroatoms. The van der Waals surface area contributed by atoms with Gasteiger partial charge in [-0.15, -0.1) is 0 Å². The molecule has 0 amide bonds. The van der Waals surface area contributed by atoms with Crippen molar-refractivity contribution in [2.45, 2.75) is 32.6 Å². The van der Waals surface area contributed by atoms with E-state index in [-0.39, 0.29) is 0 Å². The predicted octanol–water partition coefficient (Wildman–Crippen LogP) is 3.29. The number of benzene rings is 1. The monoisotopic (exact) mass is 173 g/mol. The van der Waals surface area contributed by atoms with E-state index < -0.39 is 0 Å². The molecule has 1 nitrogen and oxygen atoms in total. The van der Waals surface area contributed by atoms with Crippen molar-refractivity contribution in [2.24, 2.45) is 4.99 Å². The zero-order chi connectivity index (χ0) is 9.10. The molecule has 0 N–H and O–H groups in total. The molecule has 1 aliphatic heterocycles. The van der Waals surface area contributed by atoms with Crippen LogP contribution in [0.3, 0.4) is 0 Å². The van der Waals surface area contributed by atoms with Gasteiger partial charge in [-0.25, -0.2) is 0 Å². The lowest BCUT2D eigenvalue weighted by Gasteiger charge is -2.13. The highest BCUT2D eigenvalue weighted by Gasteiger charge is 2.08. The fraction of sp³-hybridized carbons (Fsp3) is 0.417.